The molecule has 8 heteroatoms. The van der Waals surface area contributed by atoms with Crippen LogP contribution < -0.4 is 5.32 Å². The van der Waals surface area contributed by atoms with Crippen LogP contribution in [0.1, 0.15) is 13.8 Å². The van der Waals surface area contributed by atoms with Crippen LogP contribution in [0.3, 0.4) is 0 Å². The van der Waals surface area contributed by atoms with Gasteiger partial charge in [-0.05, 0) is 13.8 Å². The summed E-state index contributed by atoms with van der Waals surface area (Å²) in [6, 6.07) is 0. The highest BCUT2D eigenvalue weighted by atomic mass is 32.2. The quantitative estimate of drug-likeness (QED) is 0.635. The van der Waals surface area contributed by atoms with E-state index in [4.69, 9.17) is 4.74 Å². The lowest BCUT2D eigenvalue weighted by molar-refractivity contribution is -0.140. The molecule has 1 saturated heterocycles. The Kier molecular flexibility index (Phi) is 6.01. The lowest BCUT2D eigenvalue weighted by atomic mass is 10.2. The normalized spacial score (nSPS) is 22.1. The molecule has 0 aliphatic carbocycles. The summed E-state index contributed by atoms with van der Waals surface area (Å²) in [6.45, 7) is 9.59. The van der Waals surface area contributed by atoms with Crippen molar-refractivity contribution in [3.05, 3.63) is 12.7 Å². The van der Waals surface area contributed by atoms with E-state index in [9.17, 15) is 4.79 Å². The Morgan fingerprint density at radius 3 is 2.90 bits per heavy atom. The Morgan fingerprint density at radius 1 is 1.52 bits per heavy atom. The van der Waals surface area contributed by atoms with Gasteiger partial charge in [-0.1, -0.05) is 29.2 Å². The maximum atomic E-state index is 12.2. The van der Waals surface area contributed by atoms with Crippen molar-refractivity contribution in [3.8, 4) is 0 Å². The van der Waals surface area contributed by atoms with Crippen molar-refractivity contribution < 1.29 is 9.53 Å². The van der Waals surface area contributed by atoms with E-state index in [0.717, 1.165) is 9.47 Å². The van der Waals surface area contributed by atoms with Crippen molar-refractivity contribution in [2.24, 2.45) is 0 Å². The monoisotopic (exact) mass is 328 g/mol. The number of hydrogen-bond acceptors (Lipinski definition) is 7. The van der Waals surface area contributed by atoms with E-state index in [1.165, 1.54) is 23.1 Å². The van der Waals surface area contributed by atoms with Gasteiger partial charge in [0.05, 0.1) is 18.0 Å². The maximum absolute atomic E-state index is 12.2. The number of amides is 1. The zero-order valence-corrected chi connectivity index (χ0v) is 13.9. The minimum absolute atomic E-state index is 0.0962. The van der Waals surface area contributed by atoms with Crippen molar-refractivity contribution >= 4 is 34.1 Å². The van der Waals surface area contributed by atoms with E-state index >= 15 is 0 Å². The number of carbonyl (C=O) groups is 1. The van der Waals surface area contributed by atoms with Gasteiger partial charge in [0.1, 0.15) is 0 Å². The maximum Gasteiger partial charge on any atom is 0.233 e. The van der Waals surface area contributed by atoms with Gasteiger partial charge in [-0.25, -0.2) is 0 Å². The smallest absolute Gasteiger partial charge is 0.233 e. The van der Waals surface area contributed by atoms with Crippen molar-refractivity contribution in [1.29, 1.82) is 0 Å². The molecule has 1 aromatic heterocycles. The SMILES string of the molecule is C=CCNc1nnc(SCC(=O)N2C[C@H](C)O[C@@H](C)C2)s1. The molecule has 6 nitrogen and oxygen atoms in total. The van der Waals surface area contributed by atoms with E-state index < -0.39 is 0 Å². The molecule has 0 radical (unpaired) electrons. The van der Waals surface area contributed by atoms with Gasteiger partial charge >= 0.3 is 0 Å². The molecule has 1 aliphatic heterocycles. The van der Waals surface area contributed by atoms with Crippen LogP contribution in [0.5, 0.6) is 0 Å². The van der Waals surface area contributed by atoms with Crippen molar-refractivity contribution in [1.82, 2.24) is 15.1 Å². The molecule has 0 bridgehead atoms. The van der Waals surface area contributed by atoms with Crippen LogP contribution in [0, 0.1) is 0 Å². The molecule has 2 heterocycles. The third kappa shape index (κ3) is 4.98. The molecule has 1 fully saturated rings. The minimum Gasteiger partial charge on any atom is -0.372 e. The first kappa shape index (κ1) is 16.3. The Bertz CT molecular complexity index is 484. The van der Waals surface area contributed by atoms with Gasteiger partial charge in [0.15, 0.2) is 4.34 Å². The molecule has 1 aromatic rings. The topological polar surface area (TPSA) is 67.4 Å². The summed E-state index contributed by atoms with van der Waals surface area (Å²) in [5, 5.41) is 11.9. The second kappa shape index (κ2) is 7.77. The molecule has 0 saturated carbocycles. The van der Waals surface area contributed by atoms with Crippen molar-refractivity contribution in [2.75, 3.05) is 30.7 Å². The highest BCUT2D eigenvalue weighted by molar-refractivity contribution is 8.01. The Balaban J connectivity index is 1.80. The predicted molar refractivity (Wildman–Crippen MR) is 85.9 cm³/mol. The summed E-state index contributed by atoms with van der Waals surface area (Å²) in [6.07, 6.45) is 1.95. The zero-order chi connectivity index (χ0) is 15.2. The molecule has 0 spiro atoms. The molecule has 1 aliphatic rings. The van der Waals surface area contributed by atoms with Gasteiger partial charge in [-0.3, -0.25) is 4.79 Å². The second-order valence-corrected chi connectivity index (χ2v) is 7.09. The van der Waals surface area contributed by atoms with Crippen LogP contribution in [0.2, 0.25) is 0 Å². The van der Waals surface area contributed by atoms with Gasteiger partial charge in [-0.15, -0.1) is 16.8 Å². The summed E-state index contributed by atoms with van der Waals surface area (Å²) in [5.41, 5.74) is 0. The van der Waals surface area contributed by atoms with Crippen LogP contribution in [0.15, 0.2) is 17.0 Å². The average Bonchev–Trinajstić information content (AvgIpc) is 2.89. The van der Waals surface area contributed by atoms with Crippen molar-refractivity contribution in [2.45, 2.75) is 30.4 Å². The Morgan fingerprint density at radius 2 is 2.24 bits per heavy atom. The first-order chi connectivity index (χ1) is 10.1. The lowest BCUT2D eigenvalue weighted by Gasteiger charge is -2.35. The number of rotatable bonds is 6. The van der Waals surface area contributed by atoms with E-state index in [1.807, 2.05) is 18.7 Å². The standard InChI is InChI=1S/C13H20N4O2S2/c1-4-5-14-12-15-16-13(21-12)20-8-11(18)17-6-9(2)19-10(3)7-17/h4,9-10H,1,5-8H2,2-3H3,(H,14,15)/t9-,10-/m0/s1. The van der Waals surface area contributed by atoms with Gasteiger partial charge in [0.25, 0.3) is 0 Å². The molecule has 2 atom stereocenters. The van der Waals surface area contributed by atoms with Crippen LogP contribution in [-0.2, 0) is 9.53 Å². The zero-order valence-electron chi connectivity index (χ0n) is 12.2. The number of ether oxygens (including phenoxy) is 1. The van der Waals surface area contributed by atoms with E-state index in [1.54, 1.807) is 6.08 Å². The van der Waals surface area contributed by atoms with Crippen LogP contribution in [-0.4, -0.2) is 58.6 Å². The first-order valence-corrected chi connectivity index (χ1v) is 8.63. The second-order valence-electron chi connectivity index (χ2n) is 4.89. The van der Waals surface area contributed by atoms with Gasteiger partial charge in [0, 0.05) is 19.6 Å². The van der Waals surface area contributed by atoms with E-state index in [-0.39, 0.29) is 18.1 Å². The molecular weight excluding hydrogens is 308 g/mol. The average molecular weight is 328 g/mol. The molecule has 1 N–H and O–H groups in total. The molecule has 116 valence electrons. The number of nitrogens with one attached hydrogen (secondary N) is 1. The van der Waals surface area contributed by atoms with Crippen molar-refractivity contribution in [3.63, 3.8) is 0 Å². The Labute approximate surface area is 133 Å². The fraction of sp³-hybridized carbons (Fsp3) is 0.615. The summed E-state index contributed by atoms with van der Waals surface area (Å²) in [7, 11) is 0. The molecule has 1 amide bonds. The number of anilines is 1. The van der Waals surface area contributed by atoms with Crippen LogP contribution in [0.25, 0.3) is 0 Å². The third-order valence-electron chi connectivity index (χ3n) is 2.90. The summed E-state index contributed by atoms with van der Waals surface area (Å²) < 4.78 is 6.43. The van der Waals surface area contributed by atoms with E-state index in [0.29, 0.717) is 25.4 Å². The van der Waals surface area contributed by atoms with Gasteiger partial charge in [-0.2, -0.15) is 0 Å². The van der Waals surface area contributed by atoms with Gasteiger partial charge < -0.3 is 15.0 Å². The number of nitrogens with zero attached hydrogens (tertiary/aromatic N) is 3. The summed E-state index contributed by atoms with van der Waals surface area (Å²) in [5.74, 6) is 0.507. The predicted octanol–water partition coefficient (Wildman–Crippen LogP) is 1.86. The highest BCUT2D eigenvalue weighted by Gasteiger charge is 2.25. The molecule has 0 aromatic carbocycles. The summed E-state index contributed by atoms with van der Waals surface area (Å²) >= 11 is 2.87. The third-order valence-corrected chi connectivity index (χ3v) is 4.89. The molecule has 0 unspecified atom stereocenters. The molecule has 21 heavy (non-hydrogen) atoms. The highest BCUT2D eigenvalue weighted by Crippen LogP contribution is 2.26. The number of thioether (sulfide) groups is 1. The minimum atomic E-state index is 0.0962. The number of hydrogen-bond donors (Lipinski definition) is 1. The molecular formula is C13H20N4O2S2. The van der Waals surface area contributed by atoms with E-state index in [2.05, 4.69) is 22.1 Å². The van der Waals surface area contributed by atoms with Gasteiger partial charge in [0.2, 0.25) is 11.0 Å². The van der Waals surface area contributed by atoms with Crippen LogP contribution >= 0.6 is 23.1 Å². The largest absolute Gasteiger partial charge is 0.372 e. The Hall–Kier alpha value is -1.12. The number of morpholine rings is 1. The number of carbonyl (C=O) groups excluding carboxylic acids is 1. The fourth-order valence-corrected chi connectivity index (χ4v) is 3.76. The number of aromatic nitrogens is 2. The lowest BCUT2D eigenvalue weighted by Crippen LogP contribution is -2.48. The molecule has 2 rings (SSSR count). The summed E-state index contributed by atoms with van der Waals surface area (Å²) in [4.78, 5) is 14.1. The fourth-order valence-electron chi connectivity index (χ4n) is 2.10. The van der Waals surface area contributed by atoms with Crippen LogP contribution in [0.4, 0.5) is 5.13 Å². The first-order valence-electron chi connectivity index (χ1n) is 6.82.